The van der Waals surface area contributed by atoms with Crippen molar-refractivity contribution in [2.75, 3.05) is 7.11 Å². The number of halogens is 1. The number of benzene rings is 1. The van der Waals surface area contributed by atoms with E-state index in [1.165, 1.54) is 19.3 Å². The van der Waals surface area contributed by atoms with Crippen molar-refractivity contribution in [2.24, 2.45) is 11.8 Å². The molecule has 2 rings (SSSR count). The predicted octanol–water partition coefficient (Wildman–Crippen LogP) is 4.86. The summed E-state index contributed by atoms with van der Waals surface area (Å²) >= 11 is 3.45. The third kappa shape index (κ3) is 3.38. The summed E-state index contributed by atoms with van der Waals surface area (Å²) in [6.07, 6.45) is 5.76. The van der Waals surface area contributed by atoms with E-state index in [2.05, 4.69) is 22.9 Å². The average Bonchev–Trinajstić information content (AvgIpc) is 2.46. The zero-order valence-corrected chi connectivity index (χ0v) is 13.2. The first kappa shape index (κ1) is 14.6. The molecule has 2 unspecified atom stereocenters. The maximum absolute atomic E-state index is 12.6. The van der Waals surface area contributed by atoms with Crippen molar-refractivity contribution in [3.63, 3.8) is 0 Å². The second kappa shape index (κ2) is 6.56. The van der Waals surface area contributed by atoms with Crippen molar-refractivity contribution in [2.45, 2.75) is 39.0 Å². The molecule has 2 atom stereocenters. The van der Waals surface area contributed by atoms with Crippen LogP contribution in [0.25, 0.3) is 0 Å². The zero-order chi connectivity index (χ0) is 13.8. The van der Waals surface area contributed by atoms with Crippen LogP contribution < -0.4 is 4.74 Å². The molecule has 2 nitrogen and oxygen atoms in total. The minimum absolute atomic E-state index is 0.207. The summed E-state index contributed by atoms with van der Waals surface area (Å²) in [5, 5.41) is 0. The highest BCUT2D eigenvalue weighted by atomic mass is 79.9. The fraction of sp³-hybridized carbons (Fsp3) is 0.562. The van der Waals surface area contributed by atoms with Gasteiger partial charge >= 0.3 is 0 Å². The van der Waals surface area contributed by atoms with E-state index < -0.39 is 0 Å². The Morgan fingerprint density at radius 2 is 2.21 bits per heavy atom. The van der Waals surface area contributed by atoms with Crippen LogP contribution in [0.15, 0.2) is 22.7 Å². The van der Waals surface area contributed by atoms with Crippen LogP contribution in [0.2, 0.25) is 0 Å². The van der Waals surface area contributed by atoms with Gasteiger partial charge in [0.1, 0.15) is 5.75 Å². The lowest BCUT2D eigenvalue weighted by molar-refractivity contribution is 0.0862. The molecule has 1 aromatic rings. The topological polar surface area (TPSA) is 26.3 Å². The molecular formula is C16H21BrO2. The smallest absolute Gasteiger partial charge is 0.165 e. The van der Waals surface area contributed by atoms with Crippen LogP contribution in [0.5, 0.6) is 5.75 Å². The van der Waals surface area contributed by atoms with Crippen LogP contribution >= 0.6 is 15.9 Å². The van der Waals surface area contributed by atoms with Gasteiger partial charge in [0, 0.05) is 11.5 Å². The SMILES string of the molecule is CCC1CCCC(C(=O)c2ccc(OC)c(Br)c2)C1. The molecule has 104 valence electrons. The van der Waals surface area contributed by atoms with Gasteiger partial charge in [0.05, 0.1) is 11.6 Å². The van der Waals surface area contributed by atoms with Crippen molar-refractivity contribution in [1.29, 1.82) is 0 Å². The normalized spacial score (nSPS) is 23.1. The number of hydrogen-bond acceptors (Lipinski definition) is 2. The van der Waals surface area contributed by atoms with Gasteiger partial charge in [0.2, 0.25) is 0 Å². The zero-order valence-electron chi connectivity index (χ0n) is 11.6. The molecule has 0 heterocycles. The summed E-state index contributed by atoms with van der Waals surface area (Å²) in [5.41, 5.74) is 0.800. The van der Waals surface area contributed by atoms with Crippen molar-refractivity contribution in [1.82, 2.24) is 0 Å². The van der Waals surface area contributed by atoms with Gasteiger partial charge in [-0.2, -0.15) is 0 Å². The maximum Gasteiger partial charge on any atom is 0.165 e. The third-order valence-electron chi connectivity index (χ3n) is 4.17. The Balaban J connectivity index is 2.12. The number of ketones is 1. The fourth-order valence-corrected chi connectivity index (χ4v) is 3.50. The van der Waals surface area contributed by atoms with Crippen molar-refractivity contribution < 1.29 is 9.53 Å². The molecule has 0 aliphatic heterocycles. The summed E-state index contributed by atoms with van der Waals surface area (Å²) in [6, 6.07) is 5.62. The first-order valence-electron chi connectivity index (χ1n) is 7.03. The summed E-state index contributed by atoms with van der Waals surface area (Å²) in [5.74, 6) is 2.00. The van der Waals surface area contributed by atoms with Gasteiger partial charge in [-0.15, -0.1) is 0 Å². The molecule has 0 aromatic heterocycles. The van der Waals surface area contributed by atoms with E-state index in [9.17, 15) is 4.79 Å². The van der Waals surface area contributed by atoms with Crippen LogP contribution in [-0.4, -0.2) is 12.9 Å². The van der Waals surface area contributed by atoms with E-state index in [0.717, 1.165) is 34.5 Å². The Hall–Kier alpha value is -0.830. The molecule has 19 heavy (non-hydrogen) atoms. The molecule has 1 fully saturated rings. The fourth-order valence-electron chi connectivity index (χ4n) is 2.96. The first-order chi connectivity index (χ1) is 9.15. The Morgan fingerprint density at radius 3 is 2.84 bits per heavy atom. The predicted molar refractivity (Wildman–Crippen MR) is 80.8 cm³/mol. The van der Waals surface area contributed by atoms with Gasteiger partial charge in [0.25, 0.3) is 0 Å². The number of ether oxygens (including phenoxy) is 1. The number of rotatable bonds is 4. The number of hydrogen-bond donors (Lipinski definition) is 0. The third-order valence-corrected chi connectivity index (χ3v) is 4.79. The average molecular weight is 325 g/mol. The summed E-state index contributed by atoms with van der Waals surface area (Å²) < 4.78 is 6.05. The van der Waals surface area contributed by atoms with E-state index in [1.807, 2.05) is 18.2 Å². The molecule has 0 bridgehead atoms. The van der Waals surface area contributed by atoms with Crippen LogP contribution in [0, 0.1) is 11.8 Å². The van der Waals surface area contributed by atoms with E-state index >= 15 is 0 Å². The Labute approximate surface area is 123 Å². The summed E-state index contributed by atoms with van der Waals surface area (Å²) in [7, 11) is 1.63. The molecule has 1 aliphatic carbocycles. The van der Waals surface area contributed by atoms with Crippen molar-refractivity contribution in [3.8, 4) is 5.75 Å². The highest BCUT2D eigenvalue weighted by molar-refractivity contribution is 9.10. The van der Waals surface area contributed by atoms with Crippen LogP contribution in [0.3, 0.4) is 0 Å². The van der Waals surface area contributed by atoms with Gasteiger partial charge in [-0.1, -0.05) is 26.2 Å². The van der Waals surface area contributed by atoms with Gasteiger partial charge in [-0.05, 0) is 52.9 Å². The number of methoxy groups -OCH3 is 1. The molecule has 0 N–H and O–H groups in total. The second-order valence-electron chi connectivity index (χ2n) is 5.35. The Kier molecular flexibility index (Phi) is 5.03. The van der Waals surface area contributed by atoms with Gasteiger partial charge in [-0.3, -0.25) is 4.79 Å². The maximum atomic E-state index is 12.6. The standard InChI is InChI=1S/C16H21BrO2/c1-3-11-5-4-6-12(9-11)16(18)13-7-8-15(19-2)14(17)10-13/h7-8,10-12H,3-6,9H2,1-2H3. The molecule has 1 saturated carbocycles. The quantitative estimate of drug-likeness (QED) is 0.739. The molecule has 0 amide bonds. The van der Waals surface area contributed by atoms with Gasteiger partial charge in [-0.25, -0.2) is 0 Å². The van der Waals surface area contributed by atoms with E-state index in [-0.39, 0.29) is 5.92 Å². The lowest BCUT2D eigenvalue weighted by Gasteiger charge is -2.27. The molecular weight excluding hydrogens is 304 g/mol. The molecule has 1 aromatic carbocycles. The summed E-state index contributed by atoms with van der Waals surface area (Å²) in [6.45, 7) is 2.22. The highest BCUT2D eigenvalue weighted by Gasteiger charge is 2.27. The number of carbonyl (C=O) groups is 1. The molecule has 3 heteroatoms. The van der Waals surface area contributed by atoms with E-state index in [1.54, 1.807) is 7.11 Å². The molecule has 0 radical (unpaired) electrons. The molecule has 0 saturated heterocycles. The minimum Gasteiger partial charge on any atom is -0.496 e. The lowest BCUT2D eigenvalue weighted by atomic mass is 9.77. The van der Waals surface area contributed by atoms with E-state index in [4.69, 9.17) is 4.74 Å². The highest BCUT2D eigenvalue weighted by Crippen LogP contribution is 2.34. The second-order valence-corrected chi connectivity index (χ2v) is 6.21. The van der Waals surface area contributed by atoms with Crippen molar-refractivity contribution in [3.05, 3.63) is 28.2 Å². The van der Waals surface area contributed by atoms with Crippen molar-refractivity contribution >= 4 is 21.7 Å². The van der Waals surface area contributed by atoms with E-state index in [0.29, 0.717) is 5.78 Å². The number of carbonyl (C=O) groups excluding carboxylic acids is 1. The van der Waals surface area contributed by atoms with Crippen LogP contribution in [0.4, 0.5) is 0 Å². The largest absolute Gasteiger partial charge is 0.496 e. The first-order valence-corrected chi connectivity index (χ1v) is 7.82. The monoisotopic (exact) mass is 324 g/mol. The lowest BCUT2D eigenvalue weighted by Crippen LogP contribution is -2.22. The number of Topliss-reactive ketones (excluding diaryl/α,β-unsaturated/α-hetero) is 1. The Bertz CT molecular complexity index is 456. The Morgan fingerprint density at radius 1 is 1.42 bits per heavy atom. The minimum atomic E-state index is 0.207. The molecule has 1 aliphatic rings. The molecule has 0 spiro atoms. The van der Waals surface area contributed by atoms with Gasteiger partial charge < -0.3 is 4.74 Å². The van der Waals surface area contributed by atoms with Gasteiger partial charge in [0.15, 0.2) is 5.78 Å². The van der Waals surface area contributed by atoms with Crippen LogP contribution in [0.1, 0.15) is 49.4 Å². The van der Waals surface area contributed by atoms with Crippen LogP contribution in [-0.2, 0) is 0 Å². The summed E-state index contributed by atoms with van der Waals surface area (Å²) in [4.78, 5) is 12.6.